The van der Waals surface area contributed by atoms with E-state index in [0.717, 1.165) is 4.47 Å². The summed E-state index contributed by atoms with van der Waals surface area (Å²) in [6.07, 6.45) is -0.997. The molecule has 108 valence electrons. The minimum Gasteiger partial charge on any atom is -0.481 e. The van der Waals surface area contributed by atoms with Gasteiger partial charge in [0.15, 0.2) is 6.61 Å². The van der Waals surface area contributed by atoms with Gasteiger partial charge in [-0.05, 0) is 18.2 Å². The number of hydrogen-bond donors (Lipinski definition) is 2. The van der Waals surface area contributed by atoms with Gasteiger partial charge in [0.2, 0.25) is 0 Å². The molecule has 1 aromatic carbocycles. The highest BCUT2D eigenvalue weighted by atomic mass is 79.9. The molecule has 1 unspecified atom stereocenters. The molecule has 2 N–H and O–H groups in total. The van der Waals surface area contributed by atoms with Gasteiger partial charge in [0.1, 0.15) is 19.9 Å². The molecule has 0 aromatic heterocycles. The van der Waals surface area contributed by atoms with E-state index in [-0.39, 0.29) is 0 Å². The maximum Gasteiger partial charge on any atom is 0.341 e. The molecule has 0 fully saturated rings. The van der Waals surface area contributed by atoms with Crippen molar-refractivity contribution in [3.8, 4) is 17.2 Å². The van der Waals surface area contributed by atoms with Crippen molar-refractivity contribution >= 4 is 30.0 Å². The van der Waals surface area contributed by atoms with Crippen molar-refractivity contribution in [2.45, 2.75) is 25.7 Å². The fourth-order valence-electron chi connectivity index (χ4n) is 1.37. The third kappa shape index (κ3) is 5.78. The number of carbonyl (C=O) groups is 1. The zero-order chi connectivity index (χ0) is 15.3. The summed E-state index contributed by atoms with van der Waals surface area (Å²) < 4.78 is 5.94. The van der Waals surface area contributed by atoms with Crippen LogP contribution in [0.1, 0.15) is 11.7 Å². The lowest BCUT2D eigenvalue weighted by Crippen LogP contribution is -2.17. The fraction of sp³-hybridized carbons (Fsp3) is 0.357. The van der Waals surface area contributed by atoms with Crippen LogP contribution >= 0.6 is 15.9 Å². The first-order valence-electron chi connectivity index (χ1n) is 6.04. The molecule has 1 atom stereocenters. The highest BCUT2D eigenvalue weighted by Crippen LogP contribution is 2.28. The Labute approximate surface area is 127 Å². The van der Waals surface area contributed by atoms with E-state index in [4.69, 9.17) is 9.84 Å². The second-order valence-electron chi connectivity index (χ2n) is 5.29. The monoisotopic (exact) mass is 356 g/mol. The number of carboxylic acid groups (broad SMARTS) is 1. The predicted octanol–water partition coefficient (Wildman–Crippen LogP) is 2.83. The van der Waals surface area contributed by atoms with Crippen LogP contribution in [-0.2, 0) is 4.79 Å². The number of aliphatic hydroxyl groups is 1. The van der Waals surface area contributed by atoms with Gasteiger partial charge in [-0.15, -0.1) is 5.54 Å². The number of halogens is 1. The molecule has 6 heteroatoms. The Kier molecular flexibility index (Phi) is 5.81. The Bertz CT molecular complexity index is 555. The van der Waals surface area contributed by atoms with Gasteiger partial charge in [0, 0.05) is 10.0 Å². The zero-order valence-electron chi connectivity index (χ0n) is 11.6. The van der Waals surface area contributed by atoms with Crippen molar-refractivity contribution in [2.24, 2.45) is 0 Å². The lowest BCUT2D eigenvalue weighted by atomic mass is 10.1. The molecule has 1 rings (SSSR count). The SMILES string of the molecule is C[Si](C)(C)C#CC(O)c1cc(Br)ccc1OCC(=O)O. The number of hydrogen-bond acceptors (Lipinski definition) is 3. The number of aliphatic carboxylic acids is 1. The summed E-state index contributed by atoms with van der Waals surface area (Å²) in [5.74, 6) is 2.07. The Hall–Kier alpha value is -1.29. The van der Waals surface area contributed by atoms with E-state index in [1.54, 1.807) is 18.2 Å². The molecule has 0 amide bonds. The third-order valence-electron chi connectivity index (χ3n) is 2.20. The van der Waals surface area contributed by atoms with E-state index in [1.807, 2.05) is 0 Å². The number of rotatable bonds is 4. The number of ether oxygens (including phenoxy) is 1. The quantitative estimate of drug-likeness (QED) is 0.642. The Morgan fingerprint density at radius 3 is 2.65 bits per heavy atom. The largest absolute Gasteiger partial charge is 0.481 e. The fourth-order valence-corrected chi connectivity index (χ4v) is 2.32. The molecule has 0 aliphatic rings. The molecule has 1 aromatic rings. The summed E-state index contributed by atoms with van der Waals surface area (Å²) in [5.41, 5.74) is 3.55. The number of carboxylic acids is 1. The van der Waals surface area contributed by atoms with Gasteiger partial charge >= 0.3 is 5.97 Å². The lowest BCUT2D eigenvalue weighted by Gasteiger charge is -2.13. The van der Waals surface area contributed by atoms with Crippen molar-refractivity contribution in [3.63, 3.8) is 0 Å². The molecule has 20 heavy (non-hydrogen) atoms. The summed E-state index contributed by atoms with van der Waals surface area (Å²) >= 11 is 3.31. The minimum atomic E-state index is -1.59. The average Bonchev–Trinajstić information content (AvgIpc) is 2.33. The van der Waals surface area contributed by atoms with Gasteiger partial charge in [0.25, 0.3) is 0 Å². The molecule has 0 aliphatic heterocycles. The number of benzene rings is 1. The maximum absolute atomic E-state index is 10.6. The van der Waals surface area contributed by atoms with Gasteiger partial charge in [-0.2, -0.15) is 0 Å². The molecule has 0 saturated heterocycles. The predicted molar refractivity (Wildman–Crippen MR) is 83.4 cm³/mol. The van der Waals surface area contributed by atoms with E-state index in [2.05, 4.69) is 47.0 Å². The first kappa shape index (κ1) is 16.8. The average molecular weight is 357 g/mol. The van der Waals surface area contributed by atoms with Crippen LogP contribution in [0, 0.1) is 11.5 Å². The van der Waals surface area contributed by atoms with Gasteiger partial charge in [-0.3, -0.25) is 0 Å². The van der Waals surface area contributed by atoms with Crippen molar-refractivity contribution in [1.29, 1.82) is 0 Å². The topological polar surface area (TPSA) is 66.8 Å². The lowest BCUT2D eigenvalue weighted by molar-refractivity contribution is -0.139. The molecular formula is C14H17BrO4Si. The van der Waals surface area contributed by atoms with Crippen LogP contribution in [0.3, 0.4) is 0 Å². The van der Waals surface area contributed by atoms with Crippen LogP contribution < -0.4 is 4.74 Å². The van der Waals surface area contributed by atoms with Crippen molar-refractivity contribution < 1.29 is 19.7 Å². The molecule has 0 heterocycles. The van der Waals surface area contributed by atoms with Crippen LogP contribution in [0.4, 0.5) is 0 Å². The molecule has 4 nitrogen and oxygen atoms in total. The first-order valence-corrected chi connectivity index (χ1v) is 10.3. The van der Waals surface area contributed by atoms with Crippen molar-refractivity contribution in [2.75, 3.05) is 6.61 Å². The standard InChI is InChI=1S/C14H17BrO4Si/c1-20(2,3)7-6-12(16)11-8-10(15)4-5-13(11)19-9-14(17)18/h4-5,8,12,16H,9H2,1-3H3,(H,17,18). The molecule has 0 saturated carbocycles. The van der Waals surface area contributed by atoms with Crippen LogP contribution in [0.25, 0.3) is 0 Å². The summed E-state index contributed by atoms with van der Waals surface area (Å²) in [4.78, 5) is 10.6. The molecule has 0 spiro atoms. The number of aliphatic hydroxyl groups excluding tert-OH is 1. The van der Waals surface area contributed by atoms with Gasteiger partial charge in [0.05, 0.1) is 0 Å². The van der Waals surface area contributed by atoms with Crippen LogP contribution in [0.2, 0.25) is 19.6 Å². The second-order valence-corrected chi connectivity index (χ2v) is 11.0. The third-order valence-corrected chi connectivity index (χ3v) is 3.59. The van der Waals surface area contributed by atoms with E-state index in [9.17, 15) is 9.90 Å². The van der Waals surface area contributed by atoms with Gasteiger partial charge < -0.3 is 14.9 Å². The molecule has 0 aliphatic carbocycles. The second kappa shape index (κ2) is 6.93. The Morgan fingerprint density at radius 2 is 2.10 bits per heavy atom. The van der Waals surface area contributed by atoms with Crippen molar-refractivity contribution in [3.05, 3.63) is 28.2 Å². The summed E-state index contributed by atoms with van der Waals surface area (Å²) in [5, 5.41) is 18.8. The van der Waals surface area contributed by atoms with E-state index in [0.29, 0.717) is 11.3 Å². The Morgan fingerprint density at radius 1 is 1.45 bits per heavy atom. The van der Waals surface area contributed by atoms with E-state index in [1.165, 1.54) is 0 Å². The van der Waals surface area contributed by atoms with Gasteiger partial charge in [-0.1, -0.05) is 41.5 Å². The molecular weight excluding hydrogens is 340 g/mol. The first-order chi connectivity index (χ1) is 9.19. The Balaban J connectivity index is 3.04. The van der Waals surface area contributed by atoms with E-state index < -0.39 is 26.8 Å². The highest BCUT2D eigenvalue weighted by Gasteiger charge is 2.15. The maximum atomic E-state index is 10.6. The highest BCUT2D eigenvalue weighted by molar-refractivity contribution is 9.10. The van der Waals surface area contributed by atoms with Gasteiger partial charge in [-0.25, -0.2) is 4.79 Å². The minimum absolute atomic E-state index is 0.327. The van der Waals surface area contributed by atoms with Crippen LogP contribution in [0.5, 0.6) is 5.75 Å². The smallest absolute Gasteiger partial charge is 0.341 e. The van der Waals surface area contributed by atoms with E-state index >= 15 is 0 Å². The zero-order valence-corrected chi connectivity index (χ0v) is 14.2. The summed E-state index contributed by atoms with van der Waals surface area (Å²) in [6.45, 7) is 5.78. The molecule has 0 bridgehead atoms. The summed E-state index contributed by atoms with van der Waals surface area (Å²) in [7, 11) is -1.59. The normalized spacial score (nSPS) is 12.2. The summed E-state index contributed by atoms with van der Waals surface area (Å²) in [6, 6.07) is 5.02. The van der Waals surface area contributed by atoms with Crippen LogP contribution in [0.15, 0.2) is 22.7 Å². The van der Waals surface area contributed by atoms with Crippen molar-refractivity contribution in [1.82, 2.24) is 0 Å². The molecule has 0 radical (unpaired) electrons. The van der Waals surface area contributed by atoms with Crippen LogP contribution in [-0.4, -0.2) is 30.9 Å².